The minimum atomic E-state index is -3.13. The molecule has 4 nitrogen and oxygen atoms in total. The van der Waals surface area contributed by atoms with E-state index in [0.29, 0.717) is 31.8 Å². The predicted octanol–water partition coefficient (Wildman–Crippen LogP) is 2.69. The van der Waals surface area contributed by atoms with Crippen molar-refractivity contribution in [2.45, 2.75) is 31.1 Å². The Morgan fingerprint density at radius 1 is 1.25 bits per heavy atom. The molecule has 0 unspecified atom stereocenters. The Morgan fingerprint density at radius 2 is 1.80 bits per heavy atom. The van der Waals surface area contributed by atoms with Crippen molar-refractivity contribution in [2.24, 2.45) is 0 Å². The molecule has 3 rings (SSSR count). The largest absolute Gasteiger partial charge is 0.486 e. The van der Waals surface area contributed by atoms with E-state index in [2.05, 4.69) is 0 Å². The quantitative estimate of drug-likeness (QED) is 0.927. The normalized spacial score (nSPS) is 19.6. The molecule has 0 bridgehead atoms. The number of alkyl halides is 2. The summed E-state index contributed by atoms with van der Waals surface area (Å²) in [6.45, 7) is 1.39. The minimum Gasteiger partial charge on any atom is -0.486 e. The topological polar surface area (TPSA) is 55.8 Å². The Kier molecular flexibility index (Phi) is 2.68. The first-order valence-corrected chi connectivity index (χ1v) is 6.40. The monoisotopic (exact) mass is 284 g/mol. The molecule has 1 aliphatic carbocycles. The zero-order valence-corrected chi connectivity index (χ0v) is 10.9. The van der Waals surface area contributed by atoms with E-state index in [1.165, 1.54) is 12.1 Å². The molecule has 0 atom stereocenters. The third kappa shape index (κ3) is 1.90. The summed E-state index contributed by atoms with van der Waals surface area (Å²) >= 11 is 0. The number of hydrogen-bond acceptors (Lipinski definition) is 3. The van der Waals surface area contributed by atoms with Gasteiger partial charge in [-0.3, -0.25) is 4.79 Å². The maximum atomic E-state index is 13.8. The van der Waals surface area contributed by atoms with Crippen LogP contribution < -0.4 is 9.47 Å². The fourth-order valence-electron chi connectivity index (χ4n) is 2.57. The average molecular weight is 284 g/mol. The predicted molar refractivity (Wildman–Crippen MR) is 65.5 cm³/mol. The first-order valence-electron chi connectivity index (χ1n) is 6.40. The number of hydrogen-bond donors (Lipinski definition) is 1. The van der Waals surface area contributed by atoms with Crippen LogP contribution in [0.2, 0.25) is 0 Å². The van der Waals surface area contributed by atoms with Gasteiger partial charge in [0.15, 0.2) is 11.5 Å². The summed E-state index contributed by atoms with van der Waals surface area (Å²) in [5, 5.41) is 9.33. The van der Waals surface area contributed by atoms with Crippen LogP contribution in [0.15, 0.2) is 12.1 Å². The van der Waals surface area contributed by atoms with Gasteiger partial charge in [0.2, 0.25) is 0 Å². The SMILES string of the molecule is CC(F)(F)c1cc2c(cc1C1(C(=O)O)CC1)OCCO2. The summed E-state index contributed by atoms with van der Waals surface area (Å²) < 4.78 is 38.3. The molecule has 2 aliphatic rings. The number of ether oxygens (including phenoxy) is 2. The molecule has 1 aromatic rings. The van der Waals surface area contributed by atoms with Crippen molar-refractivity contribution in [3.05, 3.63) is 23.3 Å². The van der Waals surface area contributed by atoms with Crippen LogP contribution in [0.1, 0.15) is 30.9 Å². The van der Waals surface area contributed by atoms with Gasteiger partial charge in [-0.25, -0.2) is 8.78 Å². The standard InChI is InChI=1S/C14H14F2O4/c1-13(15,16)8-6-10-11(20-5-4-19-10)7-9(8)14(2-3-14)12(17)18/h6-7H,2-5H2,1H3,(H,17,18). The van der Waals surface area contributed by atoms with Crippen molar-refractivity contribution in [2.75, 3.05) is 13.2 Å². The summed E-state index contributed by atoms with van der Waals surface area (Å²) in [5.74, 6) is -3.61. The molecular weight excluding hydrogens is 270 g/mol. The van der Waals surface area contributed by atoms with Gasteiger partial charge in [0, 0.05) is 12.5 Å². The summed E-state index contributed by atoms with van der Waals surface area (Å²) in [5.41, 5.74) is -1.35. The lowest BCUT2D eigenvalue weighted by molar-refractivity contribution is -0.140. The highest BCUT2D eigenvalue weighted by Gasteiger charge is 2.55. The molecule has 0 aromatic heterocycles. The van der Waals surface area contributed by atoms with Crippen LogP contribution in [-0.2, 0) is 16.1 Å². The number of carboxylic acids is 1. The molecule has 0 saturated heterocycles. The van der Waals surface area contributed by atoms with Crippen LogP contribution in [0.5, 0.6) is 11.5 Å². The fourth-order valence-corrected chi connectivity index (χ4v) is 2.57. The van der Waals surface area contributed by atoms with Gasteiger partial charge in [0.25, 0.3) is 5.92 Å². The fraction of sp³-hybridized carbons (Fsp3) is 0.500. The summed E-state index contributed by atoms with van der Waals surface area (Å²) in [6.07, 6.45) is 0.732. The number of carbonyl (C=O) groups is 1. The van der Waals surface area contributed by atoms with Crippen LogP contribution in [0.4, 0.5) is 8.78 Å². The number of rotatable bonds is 3. The van der Waals surface area contributed by atoms with E-state index in [-0.39, 0.29) is 16.9 Å². The molecule has 1 aliphatic heterocycles. The van der Waals surface area contributed by atoms with E-state index in [1.54, 1.807) is 0 Å². The number of benzene rings is 1. The molecule has 1 aromatic carbocycles. The number of fused-ring (bicyclic) bond motifs is 1. The summed E-state index contributed by atoms with van der Waals surface area (Å²) in [7, 11) is 0. The molecule has 1 heterocycles. The number of carboxylic acid groups (broad SMARTS) is 1. The molecule has 0 amide bonds. The van der Waals surface area contributed by atoms with Crippen LogP contribution in [0.3, 0.4) is 0 Å². The highest BCUT2D eigenvalue weighted by atomic mass is 19.3. The van der Waals surface area contributed by atoms with Crippen LogP contribution in [-0.4, -0.2) is 24.3 Å². The number of halogens is 2. The van der Waals surface area contributed by atoms with Gasteiger partial charge in [-0.2, -0.15) is 0 Å². The second kappa shape index (κ2) is 4.07. The second-order valence-corrected chi connectivity index (χ2v) is 5.32. The van der Waals surface area contributed by atoms with Crippen molar-refractivity contribution >= 4 is 5.97 Å². The molecule has 108 valence electrons. The Labute approximate surface area is 114 Å². The first kappa shape index (κ1) is 13.1. The Hall–Kier alpha value is -1.85. The van der Waals surface area contributed by atoms with Gasteiger partial charge in [-0.1, -0.05) is 0 Å². The third-order valence-corrected chi connectivity index (χ3v) is 3.83. The van der Waals surface area contributed by atoms with Crippen LogP contribution in [0.25, 0.3) is 0 Å². The maximum Gasteiger partial charge on any atom is 0.314 e. The van der Waals surface area contributed by atoms with Crippen LogP contribution in [0, 0.1) is 0 Å². The molecule has 6 heteroatoms. The second-order valence-electron chi connectivity index (χ2n) is 5.32. The van der Waals surface area contributed by atoms with Gasteiger partial charge in [0.1, 0.15) is 13.2 Å². The van der Waals surface area contributed by atoms with Crippen molar-refractivity contribution in [3.8, 4) is 11.5 Å². The Bertz CT molecular complexity index is 573. The lowest BCUT2D eigenvalue weighted by atomic mass is 9.88. The smallest absolute Gasteiger partial charge is 0.314 e. The van der Waals surface area contributed by atoms with E-state index in [9.17, 15) is 18.7 Å². The van der Waals surface area contributed by atoms with E-state index >= 15 is 0 Å². The first-order chi connectivity index (χ1) is 9.34. The summed E-state index contributed by atoms with van der Waals surface area (Å²) in [6, 6.07) is 2.62. The highest BCUT2D eigenvalue weighted by Crippen LogP contribution is 2.54. The van der Waals surface area contributed by atoms with Gasteiger partial charge in [0.05, 0.1) is 5.41 Å². The van der Waals surface area contributed by atoms with Crippen molar-refractivity contribution in [1.29, 1.82) is 0 Å². The zero-order chi connectivity index (χ0) is 14.5. The van der Waals surface area contributed by atoms with Crippen LogP contribution >= 0.6 is 0 Å². The Balaban J connectivity index is 2.19. The van der Waals surface area contributed by atoms with Gasteiger partial charge in [-0.05, 0) is 30.5 Å². The van der Waals surface area contributed by atoms with E-state index in [4.69, 9.17) is 9.47 Å². The van der Waals surface area contributed by atoms with E-state index < -0.39 is 17.3 Å². The molecule has 20 heavy (non-hydrogen) atoms. The van der Waals surface area contributed by atoms with Gasteiger partial charge in [-0.15, -0.1) is 0 Å². The Morgan fingerprint density at radius 3 is 2.25 bits per heavy atom. The number of aliphatic carboxylic acids is 1. The maximum absolute atomic E-state index is 13.8. The molecule has 0 radical (unpaired) electrons. The lowest BCUT2D eigenvalue weighted by Crippen LogP contribution is -2.26. The molecule has 1 fully saturated rings. The van der Waals surface area contributed by atoms with Crippen molar-refractivity contribution in [3.63, 3.8) is 0 Å². The highest BCUT2D eigenvalue weighted by molar-refractivity contribution is 5.86. The molecule has 1 saturated carbocycles. The van der Waals surface area contributed by atoms with E-state index in [0.717, 1.165) is 6.92 Å². The summed E-state index contributed by atoms with van der Waals surface area (Å²) in [4.78, 5) is 11.4. The van der Waals surface area contributed by atoms with Crippen molar-refractivity contribution < 1.29 is 28.2 Å². The average Bonchev–Trinajstić information content (AvgIpc) is 3.17. The third-order valence-electron chi connectivity index (χ3n) is 3.83. The lowest BCUT2D eigenvalue weighted by Gasteiger charge is -2.25. The zero-order valence-electron chi connectivity index (χ0n) is 10.9. The molecular formula is C14H14F2O4. The van der Waals surface area contributed by atoms with Crippen molar-refractivity contribution in [1.82, 2.24) is 0 Å². The molecule has 0 spiro atoms. The van der Waals surface area contributed by atoms with Gasteiger partial charge < -0.3 is 14.6 Å². The molecule has 1 N–H and O–H groups in total. The van der Waals surface area contributed by atoms with Gasteiger partial charge >= 0.3 is 5.97 Å². The minimum absolute atomic E-state index is 0.141. The van der Waals surface area contributed by atoms with E-state index in [1.807, 2.05) is 0 Å².